The van der Waals surface area contributed by atoms with E-state index in [1.54, 1.807) is 4.57 Å². The number of esters is 2. The number of nitrogens with zero attached hydrogens (tertiary/aromatic N) is 3. The Hall–Kier alpha value is -2.95. The van der Waals surface area contributed by atoms with Crippen LogP contribution in [0, 0.1) is 11.8 Å². The zero-order chi connectivity index (χ0) is 30.7. The summed E-state index contributed by atoms with van der Waals surface area (Å²) in [5.41, 5.74) is 11.7. The molecule has 238 valence electrons. The van der Waals surface area contributed by atoms with Gasteiger partial charge in [-0.1, -0.05) is 97.8 Å². The first-order valence-corrected chi connectivity index (χ1v) is 16.0. The maximum Gasteiger partial charge on any atom is 0.323 e. The van der Waals surface area contributed by atoms with Crippen molar-refractivity contribution >= 4 is 29.1 Å². The average Bonchev–Trinajstić information content (AvgIpc) is 3.35. The van der Waals surface area contributed by atoms with Gasteiger partial charge < -0.3 is 25.5 Å². The molecular formula is C31H54N6O5. The number of aromatic nitrogens is 4. The topological polar surface area (TPSA) is 168 Å². The summed E-state index contributed by atoms with van der Waals surface area (Å²) in [6.07, 6.45) is 18.5. The summed E-state index contributed by atoms with van der Waals surface area (Å²) in [4.78, 5) is 47.6. The molecule has 0 aromatic carbocycles. The first-order chi connectivity index (χ1) is 20.2. The third-order valence-electron chi connectivity index (χ3n) is 7.67. The van der Waals surface area contributed by atoms with Crippen molar-refractivity contribution in [2.45, 2.75) is 130 Å². The number of nitrogens with one attached hydrogen (secondary N) is 1. The lowest BCUT2D eigenvalue weighted by molar-refractivity contribution is -0.149. The van der Waals surface area contributed by atoms with Crippen LogP contribution < -0.4 is 17.0 Å². The van der Waals surface area contributed by atoms with Gasteiger partial charge in [0.15, 0.2) is 11.2 Å². The van der Waals surface area contributed by atoms with Crippen LogP contribution in [0.1, 0.15) is 117 Å². The molecule has 11 heteroatoms. The molecule has 0 bridgehead atoms. The molecule has 0 unspecified atom stereocenters. The van der Waals surface area contributed by atoms with Gasteiger partial charge in [-0.2, -0.15) is 4.98 Å². The Bertz CT molecular complexity index is 1110. The highest BCUT2D eigenvalue weighted by Crippen LogP contribution is 2.16. The second-order valence-electron chi connectivity index (χ2n) is 11.8. The molecule has 2 heterocycles. The Morgan fingerprint density at radius 1 is 0.952 bits per heavy atom. The molecule has 2 aromatic rings. The van der Waals surface area contributed by atoms with Crippen LogP contribution in [0.3, 0.4) is 0 Å². The van der Waals surface area contributed by atoms with Crippen LogP contribution in [0.25, 0.3) is 11.2 Å². The lowest BCUT2D eigenvalue weighted by atomic mass is 10.0. The zero-order valence-electron chi connectivity index (χ0n) is 26.1. The predicted octanol–water partition coefficient (Wildman–Crippen LogP) is 5.26. The summed E-state index contributed by atoms with van der Waals surface area (Å²) in [6, 6.07) is -0.696. The third kappa shape index (κ3) is 13.4. The smallest absolute Gasteiger partial charge is 0.323 e. The van der Waals surface area contributed by atoms with Crippen LogP contribution in [0.5, 0.6) is 0 Å². The molecule has 0 aliphatic carbocycles. The van der Waals surface area contributed by atoms with Gasteiger partial charge in [-0.15, -0.1) is 0 Å². The van der Waals surface area contributed by atoms with E-state index in [9.17, 15) is 14.4 Å². The van der Waals surface area contributed by atoms with Crippen molar-refractivity contribution in [2.75, 3.05) is 18.9 Å². The number of nitrogen functional groups attached to an aromatic ring is 1. The number of ether oxygens (including phenoxy) is 2. The first-order valence-electron chi connectivity index (χ1n) is 16.0. The number of carbonyl (C=O) groups excluding carboxylic acids is 2. The second kappa shape index (κ2) is 20.0. The van der Waals surface area contributed by atoms with E-state index in [1.807, 2.05) is 13.8 Å². The van der Waals surface area contributed by atoms with Crippen LogP contribution in [0.4, 0.5) is 5.95 Å². The van der Waals surface area contributed by atoms with E-state index in [4.69, 9.17) is 20.9 Å². The molecule has 2 aromatic heterocycles. The number of hydrogen-bond acceptors (Lipinski definition) is 9. The minimum Gasteiger partial charge on any atom is -0.465 e. The molecule has 0 amide bonds. The summed E-state index contributed by atoms with van der Waals surface area (Å²) >= 11 is 0. The van der Waals surface area contributed by atoms with Crippen LogP contribution in [0.15, 0.2) is 11.1 Å². The van der Waals surface area contributed by atoms with Crippen molar-refractivity contribution in [1.82, 2.24) is 19.5 Å². The minimum absolute atomic E-state index is 0.00774. The molecule has 2 atom stereocenters. The standard InChI is InChI=1S/C31H54N6O5/c1-4-5-6-7-8-9-10-11-12-13-14-15-16-17-25(38)42-21-24(18-19-41-30(40)26(32)23(2)3)20-37-22-34-27-28(37)35-31(33)36-29(27)39/h22-24,26H,4-21,32H2,1-3H3,(H3,33,35,36,39)/t24-,26+/m1/s1. The molecule has 0 aliphatic rings. The quantitative estimate of drug-likeness (QED) is 0.115. The lowest BCUT2D eigenvalue weighted by Gasteiger charge is -2.19. The van der Waals surface area contributed by atoms with E-state index in [1.165, 1.54) is 70.5 Å². The van der Waals surface area contributed by atoms with Gasteiger partial charge in [0.2, 0.25) is 5.95 Å². The normalized spacial score (nSPS) is 13.0. The maximum absolute atomic E-state index is 12.5. The number of aromatic amines is 1. The maximum atomic E-state index is 12.5. The van der Waals surface area contributed by atoms with Gasteiger partial charge in [0, 0.05) is 18.9 Å². The molecule has 42 heavy (non-hydrogen) atoms. The largest absolute Gasteiger partial charge is 0.465 e. The Morgan fingerprint density at radius 3 is 2.14 bits per heavy atom. The summed E-state index contributed by atoms with van der Waals surface area (Å²) in [5.74, 6) is -0.949. The molecule has 2 rings (SSSR count). The van der Waals surface area contributed by atoms with Crippen molar-refractivity contribution in [3.63, 3.8) is 0 Å². The van der Waals surface area contributed by atoms with Crippen molar-refractivity contribution in [3.8, 4) is 0 Å². The SMILES string of the molecule is CCCCCCCCCCCCCCCC(=O)OC[C@H](CCOC(=O)[C@@H](N)C(C)C)Cn1cnc2c(=O)[nH]c(N)nc21. The molecule has 0 fully saturated rings. The summed E-state index contributed by atoms with van der Waals surface area (Å²) in [5, 5.41) is 0. The van der Waals surface area contributed by atoms with E-state index in [-0.39, 0.29) is 42.5 Å². The summed E-state index contributed by atoms with van der Waals surface area (Å²) in [6.45, 7) is 6.59. The Balaban J connectivity index is 1.74. The Morgan fingerprint density at radius 2 is 1.55 bits per heavy atom. The van der Waals surface area contributed by atoms with Crippen molar-refractivity contribution in [1.29, 1.82) is 0 Å². The number of unbranched alkanes of at least 4 members (excludes halogenated alkanes) is 12. The molecule has 11 nitrogen and oxygen atoms in total. The van der Waals surface area contributed by atoms with Gasteiger partial charge in [0.05, 0.1) is 19.5 Å². The number of carbonyl (C=O) groups is 2. The van der Waals surface area contributed by atoms with Gasteiger partial charge in [0.1, 0.15) is 6.04 Å². The Labute approximate surface area is 250 Å². The van der Waals surface area contributed by atoms with Gasteiger partial charge in [0.25, 0.3) is 5.56 Å². The van der Waals surface area contributed by atoms with Crippen molar-refractivity contribution < 1.29 is 19.1 Å². The minimum atomic E-state index is -0.696. The fourth-order valence-corrected chi connectivity index (χ4v) is 4.87. The van der Waals surface area contributed by atoms with E-state index < -0.39 is 17.6 Å². The van der Waals surface area contributed by atoms with Gasteiger partial charge in [-0.05, 0) is 18.8 Å². The van der Waals surface area contributed by atoms with Crippen LogP contribution in [0.2, 0.25) is 0 Å². The molecule has 5 N–H and O–H groups in total. The van der Waals surface area contributed by atoms with Crippen molar-refractivity contribution in [3.05, 3.63) is 16.7 Å². The van der Waals surface area contributed by atoms with Crippen molar-refractivity contribution in [2.24, 2.45) is 17.6 Å². The van der Waals surface area contributed by atoms with Gasteiger partial charge in [-0.3, -0.25) is 19.4 Å². The number of nitrogens with two attached hydrogens (primary N) is 2. The Kier molecular flexibility index (Phi) is 16.8. The highest BCUT2D eigenvalue weighted by molar-refractivity contribution is 5.75. The van der Waals surface area contributed by atoms with Crippen LogP contribution in [-0.2, 0) is 25.6 Å². The van der Waals surface area contributed by atoms with E-state index in [2.05, 4.69) is 21.9 Å². The molecule has 0 radical (unpaired) electrons. The molecule has 0 spiro atoms. The van der Waals surface area contributed by atoms with Crippen LogP contribution >= 0.6 is 0 Å². The van der Waals surface area contributed by atoms with Gasteiger partial charge >= 0.3 is 11.9 Å². The van der Waals surface area contributed by atoms with E-state index in [0.29, 0.717) is 25.0 Å². The molecule has 0 aliphatic heterocycles. The van der Waals surface area contributed by atoms with E-state index >= 15 is 0 Å². The predicted molar refractivity (Wildman–Crippen MR) is 166 cm³/mol. The molecular weight excluding hydrogens is 536 g/mol. The highest BCUT2D eigenvalue weighted by Gasteiger charge is 2.21. The molecule has 0 saturated heterocycles. The number of fused-ring (bicyclic) bond motifs is 1. The first kappa shape index (κ1) is 35.2. The van der Waals surface area contributed by atoms with Crippen LogP contribution in [-0.4, -0.2) is 50.7 Å². The summed E-state index contributed by atoms with van der Waals surface area (Å²) < 4.78 is 12.7. The highest BCUT2D eigenvalue weighted by atomic mass is 16.5. The number of imidazole rings is 1. The lowest BCUT2D eigenvalue weighted by Crippen LogP contribution is -2.37. The number of H-pyrrole nitrogens is 1. The second-order valence-corrected chi connectivity index (χ2v) is 11.8. The zero-order valence-corrected chi connectivity index (χ0v) is 26.1. The average molecular weight is 591 g/mol. The number of hydrogen-bond donors (Lipinski definition) is 3. The number of anilines is 1. The fourth-order valence-electron chi connectivity index (χ4n) is 4.87. The summed E-state index contributed by atoms with van der Waals surface area (Å²) in [7, 11) is 0. The van der Waals surface area contributed by atoms with E-state index in [0.717, 1.165) is 19.3 Å². The third-order valence-corrected chi connectivity index (χ3v) is 7.67. The fraction of sp³-hybridized carbons (Fsp3) is 0.774. The van der Waals surface area contributed by atoms with Gasteiger partial charge in [-0.25, -0.2) is 4.98 Å². The number of rotatable bonds is 23. The monoisotopic (exact) mass is 590 g/mol. The molecule has 0 saturated carbocycles.